The van der Waals surface area contributed by atoms with Gasteiger partial charge in [-0.05, 0) is 29.9 Å². The first-order chi connectivity index (χ1) is 11.0. The molecular weight excluding hydrogens is 288 g/mol. The van der Waals surface area contributed by atoms with E-state index in [9.17, 15) is 4.79 Å². The van der Waals surface area contributed by atoms with Crippen LogP contribution in [0.4, 0.5) is 0 Å². The second-order valence-electron chi connectivity index (χ2n) is 6.28. The Labute approximate surface area is 138 Å². The first kappa shape index (κ1) is 17.3. The van der Waals surface area contributed by atoms with Crippen LogP contribution in [0.2, 0.25) is 0 Å². The number of rotatable bonds is 6. The molecule has 2 aromatic rings. The lowest BCUT2D eigenvalue weighted by atomic mass is 10.0. The van der Waals surface area contributed by atoms with Crippen LogP contribution in [0.1, 0.15) is 30.6 Å². The molecule has 1 amide bonds. The van der Waals surface area contributed by atoms with Gasteiger partial charge in [0.15, 0.2) is 0 Å². The van der Waals surface area contributed by atoms with Crippen LogP contribution in [0.15, 0.2) is 36.4 Å². The van der Waals surface area contributed by atoms with Crippen LogP contribution in [0, 0.1) is 5.92 Å². The standard InChI is InChI=1S/C19H26N2O2/c1-13(2)17(20)11-12-21(3)19(22)16-9-10-18(23-4)15-8-6-5-7-14(15)16/h5-10,13,17H,11-12,20H2,1-4H3. The van der Waals surface area contributed by atoms with Gasteiger partial charge in [0.25, 0.3) is 5.91 Å². The van der Waals surface area contributed by atoms with Gasteiger partial charge in [0.1, 0.15) is 5.75 Å². The van der Waals surface area contributed by atoms with Crippen LogP contribution in [-0.2, 0) is 0 Å². The zero-order chi connectivity index (χ0) is 17.0. The molecule has 23 heavy (non-hydrogen) atoms. The smallest absolute Gasteiger partial charge is 0.254 e. The van der Waals surface area contributed by atoms with Crippen LogP contribution in [0.5, 0.6) is 5.75 Å². The summed E-state index contributed by atoms with van der Waals surface area (Å²) in [6, 6.07) is 11.6. The predicted molar refractivity (Wildman–Crippen MR) is 94.9 cm³/mol. The Morgan fingerprint density at radius 1 is 1.17 bits per heavy atom. The third kappa shape index (κ3) is 3.82. The van der Waals surface area contributed by atoms with E-state index in [1.54, 1.807) is 12.0 Å². The van der Waals surface area contributed by atoms with E-state index >= 15 is 0 Å². The fourth-order valence-corrected chi connectivity index (χ4v) is 2.62. The molecule has 0 radical (unpaired) electrons. The van der Waals surface area contributed by atoms with Crippen molar-refractivity contribution in [3.05, 3.63) is 42.0 Å². The van der Waals surface area contributed by atoms with Crippen molar-refractivity contribution in [1.82, 2.24) is 4.90 Å². The van der Waals surface area contributed by atoms with Gasteiger partial charge in [0.2, 0.25) is 0 Å². The molecule has 0 saturated heterocycles. The normalized spacial score (nSPS) is 12.4. The van der Waals surface area contributed by atoms with E-state index in [2.05, 4.69) is 13.8 Å². The minimum atomic E-state index is 0.0137. The van der Waals surface area contributed by atoms with Gasteiger partial charge in [-0.15, -0.1) is 0 Å². The summed E-state index contributed by atoms with van der Waals surface area (Å²) in [4.78, 5) is 14.5. The molecule has 4 heteroatoms. The monoisotopic (exact) mass is 314 g/mol. The molecule has 0 bridgehead atoms. The summed E-state index contributed by atoms with van der Waals surface area (Å²) in [5.41, 5.74) is 6.77. The second-order valence-corrected chi connectivity index (χ2v) is 6.28. The summed E-state index contributed by atoms with van der Waals surface area (Å²) in [5, 5.41) is 1.87. The predicted octanol–water partition coefficient (Wildman–Crippen LogP) is 3.29. The summed E-state index contributed by atoms with van der Waals surface area (Å²) in [6.07, 6.45) is 0.800. The van der Waals surface area contributed by atoms with Crippen molar-refractivity contribution in [2.75, 3.05) is 20.7 Å². The van der Waals surface area contributed by atoms with Gasteiger partial charge in [0.05, 0.1) is 7.11 Å². The van der Waals surface area contributed by atoms with E-state index in [4.69, 9.17) is 10.5 Å². The van der Waals surface area contributed by atoms with Gasteiger partial charge in [-0.25, -0.2) is 0 Å². The van der Waals surface area contributed by atoms with Crippen molar-refractivity contribution in [2.24, 2.45) is 11.7 Å². The maximum absolute atomic E-state index is 12.8. The molecule has 0 heterocycles. The lowest BCUT2D eigenvalue weighted by Gasteiger charge is -2.22. The molecule has 2 rings (SSSR count). The summed E-state index contributed by atoms with van der Waals surface area (Å²) >= 11 is 0. The highest BCUT2D eigenvalue weighted by Gasteiger charge is 2.17. The number of benzene rings is 2. The topological polar surface area (TPSA) is 55.6 Å². The molecular formula is C19H26N2O2. The van der Waals surface area contributed by atoms with E-state index in [0.717, 1.165) is 22.9 Å². The van der Waals surface area contributed by atoms with Gasteiger partial charge >= 0.3 is 0 Å². The third-order valence-electron chi connectivity index (χ3n) is 4.34. The van der Waals surface area contributed by atoms with E-state index < -0.39 is 0 Å². The average molecular weight is 314 g/mol. The van der Waals surface area contributed by atoms with E-state index in [1.165, 1.54) is 0 Å². The van der Waals surface area contributed by atoms with Crippen LogP contribution in [-0.4, -0.2) is 37.6 Å². The quantitative estimate of drug-likeness (QED) is 0.890. The third-order valence-corrected chi connectivity index (χ3v) is 4.34. The molecule has 2 aromatic carbocycles. The number of carbonyl (C=O) groups excluding carboxylic acids is 1. The van der Waals surface area contributed by atoms with Gasteiger partial charge < -0.3 is 15.4 Å². The summed E-state index contributed by atoms with van der Waals surface area (Å²) < 4.78 is 5.39. The first-order valence-corrected chi connectivity index (χ1v) is 8.02. The summed E-state index contributed by atoms with van der Waals surface area (Å²) in [7, 11) is 3.47. The molecule has 4 nitrogen and oxygen atoms in total. The first-order valence-electron chi connectivity index (χ1n) is 8.02. The average Bonchev–Trinajstić information content (AvgIpc) is 2.57. The number of nitrogens with zero attached hydrogens (tertiary/aromatic N) is 1. The fraction of sp³-hybridized carbons (Fsp3) is 0.421. The van der Waals surface area contributed by atoms with Crippen molar-refractivity contribution < 1.29 is 9.53 Å². The molecule has 0 spiro atoms. The summed E-state index contributed by atoms with van der Waals surface area (Å²) in [5.74, 6) is 1.21. The van der Waals surface area contributed by atoms with Crippen molar-refractivity contribution in [2.45, 2.75) is 26.3 Å². The number of hydrogen-bond donors (Lipinski definition) is 1. The number of carbonyl (C=O) groups is 1. The minimum Gasteiger partial charge on any atom is -0.496 e. The lowest BCUT2D eigenvalue weighted by molar-refractivity contribution is 0.0791. The second kappa shape index (κ2) is 7.47. The van der Waals surface area contributed by atoms with Crippen molar-refractivity contribution in [3.63, 3.8) is 0 Å². The number of methoxy groups -OCH3 is 1. The SMILES string of the molecule is COc1ccc(C(=O)N(C)CCC(N)C(C)C)c2ccccc12. The van der Waals surface area contributed by atoms with Crippen LogP contribution < -0.4 is 10.5 Å². The zero-order valence-electron chi connectivity index (χ0n) is 14.4. The van der Waals surface area contributed by atoms with Gasteiger partial charge in [-0.1, -0.05) is 38.1 Å². The molecule has 0 aliphatic rings. The van der Waals surface area contributed by atoms with E-state index in [-0.39, 0.29) is 11.9 Å². The number of nitrogens with two attached hydrogens (primary N) is 1. The molecule has 0 saturated carbocycles. The number of hydrogen-bond acceptors (Lipinski definition) is 3. The molecule has 1 unspecified atom stereocenters. The highest BCUT2D eigenvalue weighted by molar-refractivity contribution is 6.08. The van der Waals surface area contributed by atoms with E-state index in [1.807, 2.05) is 43.4 Å². The highest BCUT2D eigenvalue weighted by atomic mass is 16.5. The number of fused-ring (bicyclic) bond motifs is 1. The molecule has 2 N–H and O–H groups in total. The highest BCUT2D eigenvalue weighted by Crippen LogP contribution is 2.28. The van der Waals surface area contributed by atoms with Crippen molar-refractivity contribution in [1.29, 1.82) is 0 Å². The van der Waals surface area contributed by atoms with Crippen molar-refractivity contribution in [3.8, 4) is 5.75 Å². The van der Waals surface area contributed by atoms with Crippen LogP contribution in [0.3, 0.4) is 0 Å². The van der Waals surface area contributed by atoms with Gasteiger partial charge in [-0.3, -0.25) is 4.79 Å². The maximum atomic E-state index is 12.8. The molecule has 0 aliphatic heterocycles. The Bertz CT molecular complexity index is 682. The molecule has 0 aliphatic carbocycles. The minimum absolute atomic E-state index is 0.0137. The van der Waals surface area contributed by atoms with Crippen LogP contribution >= 0.6 is 0 Å². The Balaban J connectivity index is 2.24. The zero-order valence-corrected chi connectivity index (χ0v) is 14.4. The lowest BCUT2D eigenvalue weighted by Crippen LogP contribution is -2.34. The Morgan fingerprint density at radius 2 is 1.83 bits per heavy atom. The molecule has 0 aromatic heterocycles. The largest absolute Gasteiger partial charge is 0.496 e. The summed E-state index contributed by atoms with van der Waals surface area (Å²) in [6.45, 7) is 4.85. The van der Waals surface area contributed by atoms with Gasteiger partial charge in [0, 0.05) is 30.6 Å². The van der Waals surface area contributed by atoms with E-state index in [0.29, 0.717) is 18.0 Å². The number of ether oxygens (including phenoxy) is 1. The Morgan fingerprint density at radius 3 is 2.43 bits per heavy atom. The molecule has 0 fully saturated rings. The van der Waals surface area contributed by atoms with Crippen molar-refractivity contribution >= 4 is 16.7 Å². The van der Waals surface area contributed by atoms with Gasteiger partial charge in [-0.2, -0.15) is 0 Å². The van der Waals surface area contributed by atoms with Crippen LogP contribution in [0.25, 0.3) is 10.8 Å². The molecule has 124 valence electrons. The number of amides is 1. The Hall–Kier alpha value is -2.07. The fourth-order valence-electron chi connectivity index (χ4n) is 2.62. The maximum Gasteiger partial charge on any atom is 0.254 e. The Kier molecular flexibility index (Phi) is 5.61. The molecule has 1 atom stereocenters.